The van der Waals surface area contributed by atoms with E-state index in [9.17, 15) is 0 Å². The van der Waals surface area contributed by atoms with Crippen LogP contribution >= 0.6 is 0 Å². The second-order valence-corrected chi connectivity index (χ2v) is 4.29. The fourth-order valence-corrected chi connectivity index (χ4v) is 1.52. The van der Waals surface area contributed by atoms with Crippen LogP contribution in [0, 0.1) is 5.41 Å². The average Bonchev–Trinajstić information content (AvgIpc) is 2.21. The smallest absolute Gasteiger partial charge is 0.0270 e. The number of aliphatic imine (C=N–C) groups is 1. The monoisotopic (exact) mass is 205 g/mol. The summed E-state index contributed by atoms with van der Waals surface area (Å²) in [6.07, 6.45) is 10.9. The molecule has 0 atom stereocenters. The predicted octanol–water partition coefficient (Wildman–Crippen LogP) is 4.53. The molecule has 1 heteroatoms. The van der Waals surface area contributed by atoms with Gasteiger partial charge in [-0.1, -0.05) is 52.8 Å². The molecule has 84 valence electrons. The largest absolute Gasteiger partial charge is 0.265 e. The Morgan fingerprint density at radius 3 is 2.47 bits per heavy atom. The molecule has 0 aromatic carbocycles. The number of nitrogens with zero attached hydrogens (tertiary/aromatic N) is 1. The Labute approximate surface area is 94.3 Å². The van der Waals surface area contributed by atoms with Crippen LogP contribution in [-0.2, 0) is 0 Å². The number of allylic oxidation sites excluding steroid dienone is 3. The van der Waals surface area contributed by atoms with E-state index in [1.807, 2.05) is 12.2 Å². The molecule has 0 bridgehead atoms. The Hall–Kier alpha value is -1.11. The maximum atomic E-state index is 3.97. The molecule has 0 amide bonds. The molecule has 0 aliphatic heterocycles. The Morgan fingerprint density at radius 2 is 2.00 bits per heavy atom. The molecule has 0 rings (SSSR count). The summed E-state index contributed by atoms with van der Waals surface area (Å²) in [4.78, 5) is 3.97. The van der Waals surface area contributed by atoms with Crippen LogP contribution in [0.3, 0.4) is 0 Å². The molecule has 0 heterocycles. The first-order chi connectivity index (χ1) is 7.08. The van der Waals surface area contributed by atoms with Crippen molar-refractivity contribution in [3.8, 4) is 0 Å². The quantitative estimate of drug-likeness (QED) is 0.428. The van der Waals surface area contributed by atoms with E-state index in [1.54, 1.807) is 6.21 Å². The Balaban J connectivity index is 4.62. The zero-order valence-corrected chi connectivity index (χ0v) is 10.3. The SMILES string of the molecule is C=CN=C/C=C(\C=C)C(C)(C)CCCC. The molecular formula is C14H23N. The summed E-state index contributed by atoms with van der Waals surface area (Å²) >= 11 is 0. The second-order valence-electron chi connectivity index (χ2n) is 4.29. The maximum Gasteiger partial charge on any atom is 0.0270 e. The van der Waals surface area contributed by atoms with E-state index in [2.05, 4.69) is 38.9 Å². The van der Waals surface area contributed by atoms with Crippen molar-refractivity contribution in [3.63, 3.8) is 0 Å². The van der Waals surface area contributed by atoms with Crippen molar-refractivity contribution >= 4 is 6.21 Å². The Morgan fingerprint density at radius 1 is 1.33 bits per heavy atom. The third-order valence-electron chi connectivity index (χ3n) is 2.60. The first-order valence-corrected chi connectivity index (χ1v) is 5.55. The molecule has 0 fully saturated rings. The Bertz CT molecular complexity index is 257. The fourth-order valence-electron chi connectivity index (χ4n) is 1.52. The molecule has 0 aliphatic rings. The van der Waals surface area contributed by atoms with Gasteiger partial charge in [0.15, 0.2) is 0 Å². The van der Waals surface area contributed by atoms with Crippen LogP contribution in [0.4, 0.5) is 0 Å². The summed E-state index contributed by atoms with van der Waals surface area (Å²) < 4.78 is 0. The molecule has 0 unspecified atom stereocenters. The summed E-state index contributed by atoms with van der Waals surface area (Å²) in [7, 11) is 0. The minimum Gasteiger partial charge on any atom is -0.265 e. The van der Waals surface area contributed by atoms with Gasteiger partial charge >= 0.3 is 0 Å². The average molecular weight is 205 g/mol. The van der Waals surface area contributed by atoms with Crippen LogP contribution in [0.15, 0.2) is 42.1 Å². The van der Waals surface area contributed by atoms with Crippen molar-refractivity contribution in [2.24, 2.45) is 10.4 Å². The van der Waals surface area contributed by atoms with E-state index in [-0.39, 0.29) is 5.41 Å². The van der Waals surface area contributed by atoms with Crippen molar-refractivity contribution < 1.29 is 0 Å². The molecule has 0 spiro atoms. The van der Waals surface area contributed by atoms with Crippen molar-refractivity contribution in [1.29, 1.82) is 0 Å². The minimum atomic E-state index is 0.185. The van der Waals surface area contributed by atoms with Gasteiger partial charge in [-0.3, -0.25) is 4.99 Å². The third-order valence-corrected chi connectivity index (χ3v) is 2.60. The van der Waals surface area contributed by atoms with Gasteiger partial charge in [-0.25, -0.2) is 0 Å². The fraction of sp³-hybridized carbons (Fsp3) is 0.500. The van der Waals surface area contributed by atoms with Crippen molar-refractivity contribution in [2.75, 3.05) is 0 Å². The van der Waals surface area contributed by atoms with Gasteiger partial charge in [0.05, 0.1) is 0 Å². The first-order valence-electron chi connectivity index (χ1n) is 5.55. The van der Waals surface area contributed by atoms with Crippen LogP contribution in [0.5, 0.6) is 0 Å². The highest BCUT2D eigenvalue weighted by Crippen LogP contribution is 2.32. The van der Waals surface area contributed by atoms with Crippen molar-refractivity contribution in [2.45, 2.75) is 40.0 Å². The lowest BCUT2D eigenvalue weighted by Gasteiger charge is -2.25. The van der Waals surface area contributed by atoms with Crippen LogP contribution in [0.1, 0.15) is 40.0 Å². The Kier molecular flexibility index (Phi) is 6.68. The summed E-state index contributed by atoms with van der Waals surface area (Å²) in [6.45, 7) is 14.1. The highest BCUT2D eigenvalue weighted by molar-refractivity contribution is 5.73. The van der Waals surface area contributed by atoms with E-state index in [0.29, 0.717) is 0 Å². The lowest BCUT2D eigenvalue weighted by Crippen LogP contribution is -2.13. The molecule has 0 N–H and O–H groups in total. The van der Waals surface area contributed by atoms with Gasteiger partial charge in [-0.05, 0) is 23.5 Å². The lowest BCUT2D eigenvalue weighted by molar-refractivity contribution is 0.401. The van der Waals surface area contributed by atoms with E-state index < -0.39 is 0 Å². The molecule has 0 aromatic rings. The van der Waals surface area contributed by atoms with Gasteiger partial charge in [0.1, 0.15) is 0 Å². The highest BCUT2D eigenvalue weighted by Gasteiger charge is 2.19. The lowest BCUT2D eigenvalue weighted by atomic mass is 9.79. The van der Waals surface area contributed by atoms with Crippen LogP contribution < -0.4 is 0 Å². The zero-order chi connectivity index (χ0) is 11.7. The van der Waals surface area contributed by atoms with E-state index in [1.165, 1.54) is 31.0 Å². The predicted molar refractivity (Wildman–Crippen MR) is 70.3 cm³/mol. The number of unbranched alkanes of at least 4 members (excludes halogenated alkanes) is 1. The topological polar surface area (TPSA) is 12.4 Å². The highest BCUT2D eigenvalue weighted by atomic mass is 14.6. The van der Waals surface area contributed by atoms with Crippen LogP contribution in [0.2, 0.25) is 0 Å². The van der Waals surface area contributed by atoms with Crippen LogP contribution in [0.25, 0.3) is 0 Å². The standard InChI is InChI=1S/C14H23N/c1-6-9-11-14(4,5)13(7-2)10-12-15-8-3/h7-8,10,12H,2-3,6,9,11H2,1,4-5H3/b13-10+,15-12?. The van der Waals surface area contributed by atoms with Crippen LogP contribution in [-0.4, -0.2) is 6.21 Å². The normalized spacial score (nSPS) is 13.1. The molecule has 0 aliphatic carbocycles. The van der Waals surface area contributed by atoms with Gasteiger partial charge in [0.2, 0.25) is 0 Å². The van der Waals surface area contributed by atoms with Gasteiger partial charge < -0.3 is 0 Å². The maximum absolute atomic E-state index is 3.97. The molecule has 0 radical (unpaired) electrons. The van der Waals surface area contributed by atoms with Crippen molar-refractivity contribution in [3.05, 3.63) is 37.1 Å². The molecule has 0 saturated carbocycles. The number of hydrogen-bond donors (Lipinski definition) is 0. The van der Waals surface area contributed by atoms with Gasteiger partial charge in [-0.15, -0.1) is 0 Å². The summed E-state index contributed by atoms with van der Waals surface area (Å²) in [5.74, 6) is 0. The molecule has 0 saturated heterocycles. The zero-order valence-electron chi connectivity index (χ0n) is 10.3. The summed E-state index contributed by atoms with van der Waals surface area (Å²) in [6, 6.07) is 0. The van der Waals surface area contributed by atoms with Gasteiger partial charge in [0.25, 0.3) is 0 Å². The first kappa shape index (κ1) is 13.9. The van der Waals surface area contributed by atoms with Gasteiger partial charge in [0, 0.05) is 12.4 Å². The molecular weight excluding hydrogens is 182 g/mol. The van der Waals surface area contributed by atoms with Gasteiger partial charge in [-0.2, -0.15) is 0 Å². The second kappa shape index (κ2) is 7.22. The summed E-state index contributed by atoms with van der Waals surface area (Å²) in [5, 5.41) is 0. The van der Waals surface area contributed by atoms with E-state index in [4.69, 9.17) is 0 Å². The number of rotatable bonds is 7. The molecule has 15 heavy (non-hydrogen) atoms. The van der Waals surface area contributed by atoms with E-state index >= 15 is 0 Å². The molecule has 1 nitrogen and oxygen atoms in total. The third kappa shape index (κ3) is 5.36. The minimum absolute atomic E-state index is 0.185. The van der Waals surface area contributed by atoms with Crippen molar-refractivity contribution in [1.82, 2.24) is 0 Å². The molecule has 0 aromatic heterocycles. The van der Waals surface area contributed by atoms with E-state index in [0.717, 1.165) is 0 Å². The number of hydrogen-bond acceptors (Lipinski definition) is 1. The summed E-state index contributed by atoms with van der Waals surface area (Å²) in [5.41, 5.74) is 1.42.